The van der Waals surface area contributed by atoms with Crippen LogP contribution in [0.15, 0.2) is 34.7 Å². The van der Waals surface area contributed by atoms with Gasteiger partial charge in [-0.1, -0.05) is 6.42 Å². The first-order valence-electron chi connectivity index (χ1n) is 10.7. The van der Waals surface area contributed by atoms with Gasteiger partial charge in [-0.05, 0) is 49.0 Å². The zero-order valence-electron chi connectivity index (χ0n) is 17.8. The van der Waals surface area contributed by atoms with Crippen molar-refractivity contribution in [2.24, 2.45) is 0 Å². The van der Waals surface area contributed by atoms with E-state index in [0.29, 0.717) is 19.6 Å². The Labute approximate surface area is 187 Å². The van der Waals surface area contributed by atoms with Crippen LogP contribution in [0, 0.1) is 0 Å². The van der Waals surface area contributed by atoms with Crippen LogP contribution >= 0.6 is 11.3 Å². The molecule has 0 saturated carbocycles. The number of amides is 1. The van der Waals surface area contributed by atoms with Crippen LogP contribution in [0.2, 0.25) is 0 Å². The van der Waals surface area contributed by atoms with Crippen molar-refractivity contribution >= 4 is 33.1 Å². The van der Waals surface area contributed by atoms with Gasteiger partial charge in [0.1, 0.15) is 15.6 Å². The molecule has 2 aliphatic heterocycles. The minimum atomic E-state index is -3.64. The van der Waals surface area contributed by atoms with E-state index in [1.807, 2.05) is 12.1 Å². The molecule has 0 atom stereocenters. The average Bonchev–Trinajstić information content (AvgIpc) is 3.30. The Kier molecular flexibility index (Phi) is 6.90. The van der Waals surface area contributed by atoms with Crippen LogP contribution in [0.3, 0.4) is 0 Å². The summed E-state index contributed by atoms with van der Waals surface area (Å²) in [6.45, 7) is 5.20. The molecule has 1 N–H and O–H groups in total. The third-order valence-electron chi connectivity index (χ3n) is 5.86. The molecule has 4 rings (SSSR count). The minimum Gasteiger partial charge on any atom is -0.354 e. The Hall–Kier alpha value is -2.01. The normalized spacial score (nSPS) is 18.8. The zero-order valence-corrected chi connectivity index (χ0v) is 19.4. The predicted octanol–water partition coefficient (Wildman–Crippen LogP) is 2.00. The maximum atomic E-state index is 13.0. The monoisotopic (exact) mass is 463 g/mol. The van der Waals surface area contributed by atoms with Crippen LogP contribution in [0.25, 0.3) is 0 Å². The lowest BCUT2D eigenvalue weighted by Crippen LogP contribution is -2.44. The van der Waals surface area contributed by atoms with Gasteiger partial charge in [0.25, 0.3) is 5.91 Å². The summed E-state index contributed by atoms with van der Waals surface area (Å²) in [7, 11) is -1.53. The van der Waals surface area contributed by atoms with Gasteiger partial charge in [-0.15, -0.1) is 11.3 Å². The first-order chi connectivity index (χ1) is 14.9. The standard InChI is InChI=1S/C21H29N5O3S2/c1-24-10-12-25(13-11-24)19-15-17(5-7-22-19)16-23-21(27)20-18(6-14-30-20)31(28,29)26-8-3-2-4-9-26/h5-7,14-15H,2-4,8-13,16H2,1H3,(H,23,27). The van der Waals surface area contributed by atoms with Crippen molar-refractivity contribution in [2.45, 2.75) is 30.7 Å². The highest BCUT2D eigenvalue weighted by Gasteiger charge is 2.31. The number of likely N-dealkylation sites (N-methyl/N-ethyl adjacent to an activating group) is 1. The molecule has 0 aromatic carbocycles. The third-order valence-corrected chi connectivity index (χ3v) is 8.84. The number of carbonyl (C=O) groups excluding carboxylic acids is 1. The molecular formula is C21H29N5O3S2. The molecule has 4 heterocycles. The Bertz CT molecular complexity index is 1010. The molecule has 0 spiro atoms. The van der Waals surface area contributed by atoms with Crippen LogP contribution in [-0.2, 0) is 16.6 Å². The summed E-state index contributed by atoms with van der Waals surface area (Å²) in [6.07, 6.45) is 4.53. The third kappa shape index (κ3) is 5.08. The number of piperazine rings is 1. The molecule has 0 bridgehead atoms. The van der Waals surface area contributed by atoms with Crippen molar-refractivity contribution in [2.75, 3.05) is 51.2 Å². The Morgan fingerprint density at radius 3 is 2.58 bits per heavy atom. The highest BCUT2D eigenvalue weighted by molar-refractivity contribution is 7.89. The van der Waals surface area contributed by atoms with E-state index in [0.717, 1.165) is 56.8 Å². The van der Waals surface area contributed by atoms with E-state index in [1.54, 1.807) is 17.6 Å². The number of aromatic nitrogens is 1. The molecule has 1 amide bonds. The van der Waals surface area contributed by atoms with Crippen molar-refractivity contribution in [3.8, 4) is 0 Å². The van der Waals surface area contributed by atoms with Crippen LogP contribution in [-0.4, -0.2) is 74.8 Å². The van der Waals surface area contributed by atoms with Crippen LogP contribution < -0.4 is 10.2 Å². The molecular weight excluding hydrogens is 434 g/mol. The molecule has 168 valence electrons. The zero-order chi connectivity index (χ0) is 21.8. The molecule has 8 nitrogen and oxygen atoms in total. The molecule has 2 aromatic heterocycles. The fraction of sp³-hybridized carbons (Fsp3) is 0.524. The molecule has 2 aliphatic rings. The second-order valence-corrected chi connectivity index (χ2v) is 10.9. The summed E-state index contributed by atoms with van der Waals surface area (Å²) in [4.78, 5) is 22.2. The predicted molar refractivity (Wildman–Crippen MR) is 122 cm³/mol. The number of hydrogen-bond donors (Lipinski definition) is 1. The highest BCUT2D eigenvalue weighted by Crippen LogP contribution is 2.27. The highest BCUT2D eigenvalue weighted by atomic mass is 32.2. The van der Waals surface area contributed by atoms with Gasteiger partial charge in [-0.25, -0.2) is 13.4 Å². The lowest BCUT2D eigenvalue weighted by molar-refractivity contribution is 0.0952. The molecule has 2 aromatic rings. The first kappa shape index (κ1) is 22.2. The SMILES string of the molecule is CN1CCN(c2cc(CNC(=O)c3sccc3S(=O)(=O)N3CCCCC3)ccn2)CC1. The molecule has 10 heteroatoms. The van der Waals surface area contributed by atoms with Crippen molar-refractivity contribution in [1.29, 1.82) is 0 Å². The Morgan fingerprint density at radius 2 is 1.84 bits per heavy atom. The Morgan fingerprint density at radius 1 is 1.10 bits per heavy atom. The van der Waals surface area contributed by atoms with E-state index in [1.165, 1.54) is 15.6 Å². The number of sulfonamides is 1. The fourth-order valence-corrected chi connectivity index (χ4v) is 6.79. The number of piperidine rings is 1. The van der Waals surface area contributed by atoms with Gasteiger partial charge in [-0.2, -0.15) is 4.31 Å². The van der Waals surface area contributed by atoms with Crippen molar-refractivity contribution in [1.82, 2.24) is 19.5 Å². The fourth-order valence-electron chi connectivity index (χ4n) is 3.95. The lowest BCUT2D eigenvalue weighted by atomic mass is 10.2. The summed E-state index contributed by atoms with van der Waals surface area (Å²) >= 11 is 1.17. The van der Waals surface area contributed by atoms with Gasteiger partial charge in [-0.3, -0.25) is 4.79 Å². The summed E-state index contributed by atoms with van der Waals surface area (Å²) in [5, 5.41) is 4.56. The van der Waals surface area contributed by atoms with Gasteiger partial charge in [0.15, 0.2) is 0 Å². The van der Waals surface area contributed by atoms with E-state index in [-0.39, 0.29) is 15.7 Å². The summed E-state index contributed by atoms with van der Waals surface area (Å²) in [5.74, 6) is 0.549. The maximum Gasteiger partial charge on any atom is 0.263 e. The number of rotatable bonds is 6. The van der Waals surface area contributed by atoms with Crippen LogP contribution in [0.1, 0.15) is 34.5 Å². The smallest absolute Gasteiger partial charge is 0.263 e. The second kappa shape index (κ2) is 9.64. The van der Waals surface area contributed by atoms with E-state index < -0.39 is 10.0 Å². The minimum absolute atomic E-state index is 0.116. The maximum absolute atomic E-state index is 13.0. The number of thiophene rings is 1. The molecule has 0 unspecified atom stereocenters. The number of anilines is 1. The molecule has 0 radical (unpaired) electrons. The number of nitrogens with zero attached hydrogens (tertiary/aromatic N) is 4. The summed E-state index contributed by atoms with van der Waals surface area (Å²) in [6, 6.07) is 5.41. The van der Waals surface area contributed by atoms with Crippen LogP contribution in [0.5, 0.6) is 0 Å². The van der Waals surface area contributed by atoms with Crippen LogP contribution in [0.4, 0.5) is 5.82 Å². The van der Waals surface area contributed by atoms with Gasteiger partial charge < -0.3 is 15.1 Å². The van der Waals surface area contributed by atoms with Gasteiger partial charge in [0.2, 0.25) is 10.0 Å². The number of pyridine rings is 1. The summed E-state index contributed by atoms with van der Waals surface area (Å²) in [5.41, 5.74) is 0.939. The van der Waals surface area contributed by atoms with Gasteiger partial charge in [0, 0.05) is 52.0 Å². The van der Waals surface area contributed by atoms with Crippen molar-refractivity contribution in [3.05, 3.63) is 40.2 Å². The average molecular weight is 464 g/mol. The van der Waals surface area contributed by atoms with E-state index >= 15 is 0 Å². The van der Waals surface area contributed by atoms with E-state index in [4.69, 9.17) is 0 Å². The largest absolute Gasteiger partial charge is 0.354 e. The van der Waals surface area contributed by atoms with E-state index in [9.17, 15) is 13.2 Å². The molecule has 2 saturated heterocycles. The van der Waals surface area contributed by atoms with Crippen molar-refractivity contribution < 1.29 is 13.2 Å². The Balaban J connectivity index is 1.42. The van der Waals surface area contributed by atoms with Crippen molar-refractivity contribution in [3.63, 3.8) is 0 Å². The summed E-state index contributed by atoms with van der Waals surface area (Å²) < 4.78 is 27.6. The first-order valence-corrected chi connectivity index (χ1v) is 13.0. The molecule has 0 aliphatic carbocycles. The topological polar surface area (TPSA) is 85.8 Å². The van der Waals surface area contributed by atoms with Gasteiger partial charge in [0.05, 0.1) is 0 Å². The number of nitrogens with one attached hydrogen (secondary N) is 1. The number of carbonyl (C=O) groups is 1. The quantitative estimate of drug-likeness (QED) is 0.705. The van der Waals surface area contributed by atoms with E-state index in [2.05, 4.69) is 27.1 Å². The van der Waals surface area contributed by atoms with Gasteiger partial charge >= 0.3 is 0 Å². The molecule has 31 heavy (non-hydrogen) atoms. The second-order valence-electron chi connectivity index (χ2n) is 8.07. The number of hydrogen-bond acceptors (Lipinski definition) is 7. The molecule has 2 fully saturated rings. The lowest BCUT2D eigenvalue weighted by Gasteiger charge is -2.33.